The lowest BCUT2D eigenvalue weighted by Gasteiger charge is -2.09. The number of rotatable bonds is 4. The number of primary sulfonamides is 1. The van der Waals surface area contributed by atoms with E-state index in [1.807, 2.05) is 6.92 Å². The van der Waals surface area contributed by atoms with Gasteiger partial charge in [0.2, 0.25) is 10.0 Å². The van der Waals surface area contributed by atoms with Gasteiger partial charge in [-0.3, -0.25) is 4.57 Å². The van der Waals surface area contributed by atoms with Gasteiger partial charge >= 0.3 is 5.69 Å². The van der Waals surface area contributed by atoms with Crippen LogP contribution >= 0.6 is 0 Å². The molecule has 1 aromatic carbocycles. The topological polar surface area (TPSA) is 113 Å². The van der Waals surface area contributed by atoms with Crippen LogP contribution in [0.25, 0.3) is 16.9 Å². The third-order valence-corrected chi connectivity index (χ3v) is 5.87. The minimum absolute atomic E-state index is 0.0308. The van der Waals surface area contributed by atoms with Crippen LogP contribution in [-0.4, -0.2) is 27.7 Å². The smallest absolute Gasteiger partial charge is 0.291 e. The molecule has 8 nitrogen and oxygen atoms in total. The Morgan fingerprint density at radius 1 is 1.22 bits per heavy atom. The molecule has 27 heavy (non-hydrogen) atoms. The Balaban J connectivity index is 2.07. The lowest BCUT2D eigenvalue weighted by Crippen LogP contribution is -2.26. The Labute approximate surface area is 154 Å². The zero-order chi connectivity index (χ0) is 19.6. The lowest BCUT2D eigenvalue weighted by atomic mass is 10.1. The van der Waals surface area contributed by atoms with Crippen LogP contribution in [0.2, 0.25) is 0 Å². The van der Waals surface area contributed by atoms with E-state index in [4.69, 9.17) is 5.14 Å². The van der Waals surface area contributed by atoms with Gasteiger partial charge in [-0.1, -0.05) is 6.92 Å². The number of benzene rings is 1. The molecule has 0 aliphatic heterocycles. The second kappa shape index (κ2) is 5.70. The van der Waals surface area contributed by atoms with Gasteiger partial charge in [0.15, 0.2) is 5.82 Å². The first-order valence-corrected chi connectivity index (χ1v) is 9.92. The van der Waals surface area contributed by atoms with Crippen molar-refractivity contribution in [3.8, 4) is 5.82 Å². The quantitative estimate of drug-likeness (QED) is 0.724. The Morgan fingerprint density at radius 2 is 1.93 bits per heavy atom. The third kappa shape index (κ3) is 3.04. The highest BCUT2D eigenvalue weighted by molar-refractivity contribution is 7.89. The number of hydrogen-bond donors (Lipinski definition) is 1. The normalized spacial score (nSPS) is 16.0. The number of aryl methyl sites for hydroxylation is 1. The molecule has 10 heteroatoms. The molecule has 0 bridgehead atoms. The molecular weight excluding hydrogens is 373 g/mol. The van der Waals surface area contributed by atoms with E-state index in [-0.39, 0.29) is 16.7 Å². The number of sulfonamides is 1. The first kappa shape index (κ1) is 17.8. The van der Waals surface area contributed by atoms with Gasteiger partial charge in [-0.25, -0.2) is 27.3 Å². The summed E-state index contributed by atoms with van der Waals surface area (Å²) < 4.78 is 40.6. The molecule has 0 unspecified atom stereocenters. The average Bonchev–Trinajstić information content (AvgIpc) is 3.25. The van der Waals surface area contributed by atoms with Crippen molar-refractivity contribution in [2.75, 3.05) is 0 Å². The van der Waals surface area contributed by atoms with Gasteiger partial charge < -0.3 is 0 Å². The second-order valence-corrected chi connectivity index (χ2v) is 8.89. The molecule has 3 aromatic rings. The van der Waals surface area contributed by atoms with Gasteiger partial charge in [-0.15, -0.1) is 5.10 Å². The monoisotopic (exact) mass is 391 g/mol. The number of nitrogens with zero attached hydrogens (tertiary/aromatic N) is 4. The van der Waals surface area contributed by atoms with Crippen LogP contribution in [-0.2, 0) is 16.6 Å². The fourth-order valence-electron chi connectivity index (χ4n) is 3.11. The molecule has 2 heterocycles. The van der Waals surface area contributed by atoms with E-state index in [1.165, 1.54) is 9.13 Å². The molecule has 0 radical (unpaired) electrons. The van der Waals surface area contributed by atoms with Crippen molar-refractivity contribution in [1.82, 2.24) is 19.3 Å². The van der Waals surface area contributed by atoms with Crippen molar-refractivity contribution in [2.45, 2.75) is 38.1 Å². The van der Waals surface area contributed by atoms with Crippen molar-refractivity contribution in [3.63, 3.8) is 0 Å². The van der Waals surface area contributed by atoms with E-state index in [1.54, 1.807) is 19.1 Å². The highest BCUT2D eigenvalue weighted by Gasteiger charge is 2.39. The van der Waals surface area contributed by atoms with Crippen LogP contribution in [0.5, 0.6) is 0 Å². The highest BCUT2D eigenvalue weighted by Crippen LogP contribution is 2.46. The van der Waals surface area contributed by atoms with Crippen LogP contribution in [0.1, 0.15) is 25.5 Å². The van der Waals surface area contributed by atoms with Gasteiger partial charge in [0.25, 0.3) is 0 Å². The number of nitrogens with two attached hydrogens (primary N) is 1. The fourth-order valence-corrected chi connectivity index (χ4v) is 3.72. The van der Waals surface area contributed by atoms with E-state index >= 15 is 0 Å². The predicted molar refractivity (Wildman–Crippen MR) is 96.5 cm³/mol. The summed E-state index contributed by atoms with van der Waals surface area (Å²) in [7, 11) is -4.29. The Bertz CT molecular complexity index is 1220. The maximum atomic E-state index is 14.4. The minimum Gasteiger partial charge on any atom is -0.291 e. The van der Waals surface area contributed by atoms with E-state index < -0.39 is 26.4 Å². The largest absolute Gasteiger partial charge is 0.335 e. The van der Waals surface area contributed by atoms with Crippen molar-refractivity contribution in [1.29, 1.82) is 0 Å². The zero-order valence-corrected chi connectivity index (χ0v) is 15.6. The maximum Gasteiger partial charge on any atom is 0.335 e. The molecule has 2 N–H and O–H groups in total. The van der Waals surface area contributed by atoms with Crippen molar-refractivity contribution in [2.24, 2.45) is 10.6 Å². The molecular formula is C17H18FN5O3S. The fraction of sp³-hybridized carbons (Fsp3) is 0.353. The van der Waals surface area contributed by atoms with E-state index in [0.29, 0.717) is 17.8 Å². The lowest BCUT2D eigenvalue weighted by molar-refractivity contribution is 0.461. The molecule has 1 aliphatic rings. The number of halogens is 1. The van der Waals surface area contributed by atoms with E-state index in [2.05, 4.69) is 10.2 Å². The van der Waals surface area contributed by atoms with Crippen molar-refractivity contribution < 1.29 is 12.8 Å². The summed E-state index contributed by atoms with van der Waals surface area (Å²) in [5, 5.41) is 13.1. The summed E-state index contributed by atoms with van der Waals surface area (Å²) >= 11 is 0. The molecule has 2 aromatic heterocycles. The van der Waals surface area contributed by atoms with Crippen molar-refractivity contribution in [3.05, 3.63) is 46.3 Å². The first-order chi connectivity index (χ1) is 12.6. The number of aromatic nitrogens is 4. The average molecular weight is 391 g/mol. The third-order valence-electron chi connectivity index (χ3n) is 4.95. The van der Waals surface area contributed by atoms with Gasteiger partial charge in [-0.05, 0) is 43.4 Å². The molecule has 1 fully saturated rings. The molecule has 1 saturated carbocycles. The SMILES string of the molecule is Cc1ccc(-n2c(=O)n(CC3(C)CC3)c3cc(F)c(S(N)(=O)=O)cc32)nn1. The number of fused-ring (bicyclic) bond motifs is 1. The van der Waals surface area contributed by atoms with Gasteiger partial charge in [0.05, 0.1) is 16.7 Å². The van der Waals surface area contributed by atoms with Gasteiger partial charge in [0.1, 0.15) is 10.7 Å². The van der Waals surface area contributed by atoms with Crippen LogP contribution in [0.4, 0.5) is 4.39 Å². The summed E-state index contributed by atoms with van der Waals surface area (Å²) in [6, 6.07) is 5.41. The summed E-state index contributed by atoms with van der Waals surface area (Å²) in [5.74, 6) is -0.769. The summed E-state index contributed by atoms with van der Waals surface area (Å²) in [5.41, 5.74) is 0.713. The van der Waals surface area contributed by atoms with Crippen LogP contribution < -0.4 is 10.8 Å². The molecule has 142 valence electrons. The zero-order valence-electron chi connectivity index (χ0n) is 14.8. The standard InChI is InChI=1S/C17H18FN5O3S/c1-10-3-4-15(21-20-10)23-13-8-14(27(19,25)26)11(18)7-12(13)22(16(23)24)9-17(2)5-6-17/h3-4,7-8H,5-6,9H2,1-2H3,(H2,19,25,26). The first-order valence-electron chi connectivity index (χ1n) is 8.37. The number of hydrogen-bond acceptors (Lipinski definition) is 5. The van der Waals surface area contributed by atoms with Crippen LogP contribution in [0.15, 0.2) is 34.0 Å². The van der Waals surface area contributed by atoms with Crippen LogP contribution in [0.3, 0.4) is 0 Å². The molecule has 4 rings (SSSR count). The molecule has 0 atom stereocenters. The summed E-state index contributed by atoms with van der Waals surface area (Å²) in [4.78, 5) is 12.4. The predicted octanol–water partition coefficient (Wildman–Crippen LogP) is 1.48. The number of imidazole rings is 1. The van der Waals surface area contributed by atoms with E-state index in [0.717, 1.165) is 25.0 Å². The molecule has 0 spiro atoms. The van der Waals surface area contributed by atoms with Gasteiger partial charge in [0, 0.05) is 12.6 Å². The summed E-state index contributed by atoms with van der Waals surface area (Å²) in [6.07, 6.45) is 1.93. The van der Waals surface area contributed by atoms with Crippen molar-refractivity contribution >= 4 is 21.1 Å². The highest BCUT2D eigenvalue weighted by atomic mass is 32.2. The Morgan fingerprint density at radius 3 is 2.48 bits per heavy atom. The second-order valence-electron chi connectivity index (χ2n) is 7.36. The molecule has 0 amide bonds. The van der Waals surface area contributed by atoms with Crippen LogP contribution in [0, 0.1) is 18.2 Å². The van der Waals surface area contributed by atoms with Gasteiger partial charge in [-0.2, -0.15) is 5.10 Å². The molecule has 1 aliphatic carbocycles. The van der Waals surface area contributed by atoms with E-state index in [9.17, 15) is 17.6 Å². The minimum atomic E-state index is -4.29. The summed E-state index contributed by atoms with van der Waals surface area (Å²) in [6.45, 7) is 4.21. The Kier molecular flexibility index (Phi) is 3.76. The molecule has 0 saturated heterocycles. The maximum absolute atomic E-state index is 14.4. The Hall–Kier alpha value is -2.59.